The molecular formula is C13H8N4O2S. The highest BCUT2D eigenvalue weighted by Crippen LogP contribution is 2.27. The van der Waals surface area contributed by atoms with Crippen molar-refractivity contribution in [2.45, 2.75) is 0 Å². The average molecular weight is 284 g/mol. The van der Waals surface area contributed by atoms with Gasteiger partial charge in [0.05, 0.1) is 5.56 Å². The largest absolute Gasteiger partial charge is 0.456 e. The number of carbonyl (C=O) groups excluding carboxylic acids is 1. The summed E-state index contributed by atoms with van der Waals surface area (Å²) in [7, 11) is 0. The van der Waals surface area contributed by atoms with E-state index in [0.29, 0.717) is 10.4 Å². The van der Waals surface area contributed by atoms with Gasteiger partial charge >= 0.3 is 5.97 Å². The fourth-order valence-corrected chi connectivity index (χ4v) is 2.31. The van der Waals surface area contributed by atoms with E-state index in [2.05, 4.69) is 16.1 Å². The first-order chi connectivity index (χ1) is 9.76. The van der Waals surface area contributed by atoms with Gasteiger partial charge in [0.15, 0.2) is 6.73 Å². The Bertz CT molecular complexity index is 709. The zero-order valence-electron chi connectivity index (χ0n) is 10.2. The third-order valence-corrected chi connectivity index (χ3v) is 3.33. The Morgan fingerprint density at radius 1 is 1.40 bits per heavy atom. The molecule has 0 aliphatic heterocycles. The van der Waals surface area contributed by atoms with E-state index in [1.54, 1.807) is 24.3 Å². The Morgan fingerprint density at radius 3 is 2.80 bits per heavy atom. The van der Waals surface area contributed by atoms with Gasteiger partial charge in [0.25, 0.3) is 0 Å². The Balaban J connectivity index is 2.16. The zero-order chi connectivity index (χ0) is 14.4. The standard InChI is InChI=1S/C13H8N4O2S/c14-7-12-11(5-6-20-12)9-1-3-10(4-2-9)13(18)19-8-16-17-15/h1-6H,8H2. The molecule has 6 nitrogen and oxygen atoms in total. The number of esters is 1. The predicted molar refractivity (Wildman–Crippen MR) is 73.9 cm³/mol. The van der Waals surface area contributed by atoms with E-state index in [9.17, 15) is 4.79 Å². The Kier molecular flexibility index (Phi) is 4.35. The minimum atomic E-state index is -0.560. The molecule has 2 rings (SSSR count). The van der Waals surface area contributed by atoms with Crippen LogP contribution in [0.5, 0.6) is 0 Å². The van der Waals surface area contributed by atoms with Crippen LogP contribution in [0.2, 0.25) is 0 Å². The van der Waals surface area contributed by atoms with Crippen molar-refractivity contribution < 1.29 is 9.53 Å². The highest BCUT2D eigenvalue weighted by atomic mass is 32.1. The van der Waals surface area contributed by atoms with Crippen LogP contribution in [0.15, 0.2) is 40.8 Å². The predicted octanol–water partition coefficient (Wildman–Crippen LogP) is 3.71. The zero-order valence-corrected chi connectivity index (χ0v) is 11.0. The number of rotatable bonds is 4. The van der Waals surface area contributed by atoms with Gasteiger partial charge in [-0.15, -0.1) is 11.3 Å². The van der Waals surface area contributed by atoms with Crippen LogP contribution in [0.1, 0.15) is 15.2 Å². The summed E-state index contributed by atoms with van der Waals surface area (Å²) in [5.74, 6) is -0.560. The van der Waals surface area contributed by atoms with Gasteiger partial charge < -0.3 is 4.74 Å². The van der Waals surface area contributed by atoms with Gasteiger partial charge in [0.2, 0.25) is 0 Å². The van der Waals surface area contributed by atoms with Crippen LogP contribution in [0, 0.1) is 11.3 Å². The highest BCUT2D eigenvalue weighted by Gasteiger charge is 2.09. The topological polar surface area (TPSA) is 98.9 Å². The number of thiophene rings is 1. The lowest BCUT2D eigenvalue weighted by molar-refractivity contribution is 0.0515. The summed E-state index contributed by atoms with van der Waals surface area (Å²) >= 11 is 1.37. The van der Waals surface area contributed by atoms with Crippen molar-refractivity contribution in [1.82, 2.24) is 0 Å². The molecule has 1 heterocycles. The van der Waals surface area contributed by atoms with Crippen molar-refractivity contribution in [3.63, 3.8) is 0 Å². The lowest BCUT2D eigenvalue weighted by atomic mass is 10.1. The smallest absolute Gasteiger partial charge is 0.338 e. The monoisotopic (exact) mass is 284 g/mol. The summed E-state index contributed by atoms with van der Waals surface area (Å²) in [5, 5.41) is 13.9. The van der Waals surface area contributed by atoms with E-state index in [0.717, 1.165) is 11.1 Å². The van der Waals surface area contributed by atoms with Crippen LogP contribution in [0.25, 0.3) is 21.6 Å². The molecule has 7 heteroatoms. The number of benzene rings is 1. The molecule has 2 aromatic rings. The first-order valence-corrected chi connectivity index (χ1v) is 6.40. The maximum absolute atomic E-state index is 11.6. The van der Waals surface area contributed by atoms with Crippen LogP contribution >= 0.6 is 11.3 Å². The fraction of sp³-hybridized carbons (Fsp3) is 0.0769. The molecule has 0 saturated heterocycles. The molecule has 0 unspecified atom stereocenters. The molecule has 0 N–H and O–H groups in total. The first kappa shape index (κ1) is 13.6. The summed E-state index contributed by atoms with van der Waals surface area (Å²) in [6.45, 7) is -0.333. The summed E-state index contributed by atoms with van der Waals surface area (Å²) in [6.07, 6.45) is 0. The second-order valence-corrected chi connectivity index (χ2v) is 4.56. The van der Waals surface area contributed by atoms with Gasteiger partial charge in [-0.2, -0.15) is 5.26 Å². The third kappa shape index (κ3) is 2.95. The fourth-order valence-electron chi connectivity index (χ4n) is 1.61. The van der Waals surface area contributed by atoms with Crippen molar-refractivity contribution in [2.24, 2.45) is 5.11 Å². The Hall–Kier alpha value is -2.81. The number of ether oxygens (including phenoxy) is 1. The van der Waals surface area contributed by atoms with Crippen LogP contribution in [0.4, 0.5) is 0 Å². The van der Waals surface area contributed by atoms with Crippen molar-refractivity contribution in [1.29, 1.82) is 5.26 Å². The molecule has 0 saturated carbocycles. The first-order valence-electron chi connectivity index (χ1n) is 5.52. The average Bonchev–Trinajstić information content (AvgIpc) is 2.96. The number of hydrogen-bond acceptors (Lipinski definition) is 5. The molecule has 0 aliphatic carbocycles. The van der Waals surface area contributed by atoms with Gasteiger partial charge in [-0.25, -0.2) is 4.79 Å². The normalized spacial score (nSPS) is 9.35. The molecule has 0 radical (unpaired) electrons. The van der Waals surface area contributed by atoms with Crippen LogP contribution in [-0.4, -0.2) is 12.7 Å². The second kappa shape index (κ2) is 6.38. The molecule has 0 amide bonds. The number of carbonyl (C=O) groups is 1. The van der Waals surface area contributed by atoms with E-state index < -0.39 is 5.97 Å². The number of nitriles is 1. The van der Waals surface area contributed by atoms with Gasteiger partial charge in [0, 0.05) is 10.5 Å². The molecule has 0 aliphatic rings. The quantitative estimate of drug-likeness (QED) is 0.370. The molecule has 0 spiro atoms. The molecule has 0 fully saturated rings. The van der Waals surface area contributed by atoms with E-state index in [1.807, 2.05) is 11.4 Å². The molecule has 0 atom stereocenters. The number of nitrogens with zero attached hydrogens (tertiary/aromatic N) is 4. The minimum Gasteiger partial charge on any atom is -0.456 e. The van der Waals surface area contributed by atoms with Crippen molar-refractivity contribution in [3.8, 4) is 17.2 Å². The van der Waals surface area contributed by atoms with Gasteiger partial charge in [-0.05, 0) is 34.7 Å². The molecule has 98 valence electrons. The molecular weight excluding hydrogens is 276 g/mol. The summed E-state index contributed by atoms with van der Waals surface area (Å²) < 4.78 is 4.73. The second-order valence-electron chi connectivity index (χ2n) is 3.64. The molecule has 1 aromatic heterocycles. The molecule has 1 aromatic carbocycles. The highest BCUT2D eigenvalue weighted by molar-refractivity contribution is 7.11. The van der Waals surface area contributed by atoms with E-state index in [1.165, 1.54) is 11.3 Å². The van der Waals surface area contributed by atoms with Crippen LogP contribution < -0.4 is 0 Å². The van der Waals surface area contributed by atoms with E-state index >= 15 is 0 Å². The van der Waals surface area contributed by atoms with Gasteiger partial charge in [-0.1, -0.05) is 17.2 Å². The van der Waals surface area contributed by atoms with Gasteiger partial charge in [-0.3, -0.25) is 0 Å². The Morgan fingerprint density at radius 2 is 2.15 bits per heavy atom. The van der Waals surface area contributed by atoms with Gasteiger partial charge in [0.1, 0.15) is 10.9 Å². The Labute approximate surface area is 118 Å². The number of azide groups is 1. The maximum Gasteiger partial charge on any atom is 0.338 e. The third-order valence-electron chi connectivity index (χ3n) is 2.52. The lowest BCUT2D eigenvalue weighted by Crippen LogP contribution is -2.04. The minimum absolute atomic E-state index is 0.333. The van der Waals surface area contributed by atoms with Crippen molar-refractivity contribution in [3.05, 3.63) is 56.6 Å². The lowest BCUT2D eigenvalue weighted by Gasteiger charge is -2.03. The van der Waals surface area contributed by atoms with Crippen LogP contribution in [0.3, 0.4) is 0 Å². The summed E-state index contributed by atoms with van der Waals surface area (Å²) in [4.78, 5) is 14.7. The summed E-state index contributed by atoms with van der Waals surface area (Å²) in [5.41, 5.74) is 10.1. The SMILES string of the molecule is N#Cc1sccc1-c1ccc(C(=O)OCN=[N+]=[N-])cc1. The number of hydrogen-bond donors (Lipinski definition) is 0. The van der Waals surface area contributed by atoms with E-state index in [4.69, 9.17) is 15.5 Å². The van der Waals surface area contributed by atoms with Crippen molar-refractivity contribution in [2.75, 3.05) is 6.73 Å². The maximum atomic E-state index is 11.6. The molecule has 20 heavy (non-hydrogen) atoms. The van der Waals surface area contributed by atoms with Crippen LogP contribution in [-0.2, 0) is 4.74 Å². The van der Waals surface area contributed by atoms with E-state index in [-0.39, 0.29) is 6.73 Å². The van der Waals surface area contributed by atoms with Crippen molar-refractivity contribution >= 4 is 17.3 Å². The molecule has 0 bridgehead atoms. The summed E-state index contributed by atoms with van der Waals surface area (Å²) in [6, 6.07) is 10.7.